The second-order valence-corrected chi connectivity index (χ2v) is 7.24. The number of hydrogen-bond donors (Lipinski definition) is 1. The number of thioether (sulfide) groups is 1. The van der Waals surface area contributed by atoms with Crippen molar-refractivity contribution in [2.75, 3.05) is 5.75 Å². The van der Waals surface area contributed by atoms with E-state index in [1.54, 1.807) is 11.8 Å². The zero-order valence-corrected chi connectivity index (χ0v) is 14.2. The molecule has 4 heteroatoms. The van der Waals surface area contributed by atoms with Gasteiger partial charge in [0.15, 0.2) is 0 Å². The second kappa shape index (κ2) is 8.58. The molecule has 1 amide bonds. The maximum atomic E-state index is 12.0. The Balaban J connectivity index is 2.34. The van der Waals surface area contributed by atoms with Crippen LogP contribution in [0.5, 0.6) is 0 Å². The average Bonchev–Trinajstić information content (AvgIpc) is 2.37. The van der Waals surface area contributed by atoms with Crippen LogP contribution < -0.4 is 5.32 Å². The Morgan fingerprint density at radius 1 is 1.15 bits per heavy atom. The molecule has 0 fully saturated rings. The first kappa shape index (κ1) is 17.4. The summed E-state index contributed by atoms with van der Waals surface area (Å²) in [6.07, 6.45) is 0.545. The lowest BCUT2D eigenvalue weighted by atomic mass is 9.93. The van der Waals surface area contributed by atoms with Crippen LogP contribution in [-0.4, -0.2) is 17.7 Å². The van der Waals surface area contributed by atoms with Crippen molar-refractivity contribution in [1.29, 1.82) is 0 Å². The normalized spacial score (nSPS) is 11.4. The van der Waals surface area contributed by atoms with E-state index >= 15 is 0 Å². The van der Waals surface area contributed by atoms with E-state index in [0.29, 0.717) is 18.3 Å². The molecule has 0 saturated carbocycles. The van der Waals surface area contributed by atoms with Crippen LogP contribution in [-0.2, 0) is 4.79 Å². The van der Waals surface area contributed by atoms with Gasteiger partial charge in [-0.2, -0.15) is 0 Å². The Bertz CT molecular complexity index is 409. The van der Waals surface area contributed by atoms with Crippen molar-refractivity contribution >= 4 is 29.3 Å². The Morgan fingerprint density at radius 3 is 2.20 bits per heavy atom. The highest BCUT2D eigenvalue weighted by Gasteiger charge is 2.19. The highest BCUT2D eigenvalue weighted by atomic mass is 35.5. The number of benzene rings is 1. The van der Waals surface area contributed by atoms with Crippen LogP contribution in [0.15, 0.2) is 29.2 Å². The molecule has 1 N–H and O–H groups in total. The number of nitrogens with one attached hydrogen (secondary N) is 1. The second-order valence-electron chi connectivity index (χ2n) is 5.63. The molecule has 1 rings (SSSR count). The lowest BCUT2D eigenvalue weighted by Crippen LogP contribution is -2.42. The molecule has 0 radical (unpaired) electrons. The molecule has 0 aliphatic heterocycles. The first-order chi connectivity index (χ1) is 9.40. The molecule has 20 heavy (non-hydrogen) atoms. The highest BCUT2D eigenvalue weighted by molar-refractivity contribution is 7.99. The Hall–Kier alpha value is -0.670. The van der Waals surface area contributed by atoms with E-state index in [1.165, 1.54) is 0 Å². The smallest absolute Gasteiger partial charge is 0.221 e. The number of halogens is 1. The molecule has 0 bridgehead atoms. The van der Waals surface area contributed by atoms with Gasteiger partial charge in [0.1, 0.15) is 0 Å². The third kappa shape index (κ3) is 6.19. The predicted molar refractivity (Wildman–Crippen MR) is 88.4 cm³/mol. The topological polar surface area (TPSA) is 29.1 Å². The summed E-state index contributed by atoms with van der Waals surface area (Å²) in [5.74, 6) is 1.85. The van der Waals surface area contributed by atoms with E-state index in [9.17, 15) is 4.79 Å². The summed E-state index contributed by atoms with van der Waals surface area (Å²) in [5, 5.41) is 3.88. The van der Waals surface area contributed by atoms with Gasteiger partial charge >= 0.3 is 0 Å². The minimum atomic E-state index is 0.138. The van der Waals surface area contributed by atoms with Gasteiger partial charge in [0, 0.05) is 28.1 Å². The van der Waals surface area contributed by atoms with E-state index in [2.05, 4.69) is 33.0 Å². The highest BCUT2D eigenvalue weighted by Crippen LogP contribution is 2.21. The minimum Gasteiger partial charge on any atom is -0.353 e. The molecule has 0 aliphatic rings. The Labute approximate surface area is 131 Å². The van der Waals surface area contributed by atoms with Crippen LogP contribution >= 0.6 is 23.4 Å². The van der Waals surface area contributed by atoms with Gasteiger partial charge in [-0.3, -0.25) is 4.79 Å². The van der Waals surface area contributed by atoms with Gasteiger partial charge in [-0.05, 0) is 36.1 Å². The first-order valence-corrected chi connectivity index (χ1v) is 8.44. The van der Waals surface area contributed by atoms with Crippen LogP contribution in [0.2, 0.25) is 5.02 Å². The van der Waals surface area contributed by atoms with Crippen molar-refractivity contribution in [2.45, 2.75) is 45.1 Å². The molecular formula is C16H24ClNOS. The van der Waals surface area contributed by atoms with Gasteiger partial charge in [-0.1, -0.05) is 39.3 Å². The van der Waals surface area contributed by atoms with E-state index in [1.807, 2.05) is 24.3 Å². The average molecular weight is 314 g/mol. The molecule has 1 aromatic rings. The van der Waals surface area contributed by atoms with Gasteiger partial charge in [-0.25, -0.2) is 0 Å². The summed E-state index contributed by atoms with van der Waals surface area (Å²) in [5.41, 5.74) is 0. The third-order valence-electron chi connectivity index (χ3n) is 3.18. The summed E-state index contributed by atoms with van der Waals surface area (Å²) < 4.78 is 0. The molecule has 2 nitrogen and oxygen atoms in total. The number of amides is 1. The standard InChI is InChI=1S/C16H24ClNOS/c1-11(2)16(12(3)4)18-15(19)9-10-20-14-7-5-13(17)6-8-14/h5-8,11-12,16H,9-10H2,1-4H3,(H,18,19). The van der Waals surface area contributed by atoms with Gasteiger partial charge in [0.05, 0.1) is 0 Å². The summed E-state index contributed by atoms with van der Waals surface area (Å²) in [4.78, 5) is 13.1. The van der Waals surface area contributed by atoms with Gasteiger partial charge < -0.3 is 5.32 Å². The molecule has 0 heterocycles. The van der Waals surface area contributed by atoms with Crippen molar-refractivity contribution < 1.29 is 4.79 Å². The maximum absolute atomic E-state index is 12.0. The van der Waals surface area contributed by atoms with Crippen LogP contribution in [0.25, 0.3) is 0 Å². The lowest BCUT2D eigenvalue weighted by Gasteiger charge is -2.26. The SMILES string of the molecule is CC(C)C(NC(=O)CCSc1ccc(Cl)cc1)C(C)C. The van der Waals surface area contributed by atoms with Crippen molar-refractivity contribution in [1.82, 2.24) is 5.32 Å². The van der Waals surface area contributed by atoms with E-state index in [0.717, 1.165) is 15.7 Å². The third-order valence-corrected chi connectivity index (χ3v) is 4.44. The van der Waals surface area contributed by atoms with E-state index in [4.69, 9.17) is 11.6 Å². The zero-order chi connectivity index (χ0) is 15.1. The first-order valence-electron chi connectivity index (χ1n) is 7.08. The number of rotatable bonds is 7. The molecular weight excluding hydrogens is 290 g/mol. The molecule has 0 saturated heterocycles. The van der Waals surface area contributed by atoms with Crippen molar-refractivity contribution in [2.24, 2.45) is 11.8 Å². The van der Waals surface area contributed by atoms with E-state index < -0.39 is 0 Å². The molecule has 0 spiro atoms. The fourth-order valence-corrected chi connectivity index (χ4v) is 3.13. The largest absolute Gasteiger partial charge is 0.353 e. The van der Waals surface area contributed by atoms with Crippen molar-refractivity contribution in [3.8, 4) is 0 Å². The Kier molecular flexibility index (Phi) is 7.46. The number of hydrogen-bond acceptors (Lipinski definition) is 2. The molecule has 0 aliphatic carbocycles. The van der Waals surface area contributed by atoms with Crippen LogP contribution in [0.1, 0.15) is 34.1 Å². The van der Waals surface area contributed by atoms with Gasteiger partial charge in [-0.15, -0.1) is 11.8 Å². The van der Waals surface area contributed by atoms with E-state index in [-0.39, 0.29) is 11.9 Å². The Morgan fingerprint density at radius 2 is 1.70 bits per heavy atom. The number of carbonyl (C=O) groups is 1. The van der Waals surface area contributed by atoms with Crippen molar-refractivity contribution in [3.05, 3.63) is 29.3 Å². The molecule has 112 valence electrons. The van der Waals surface area contributed by atoms with Crippen LogP contribution in [0.3, 0.4) is 0 Å². The molecule has 0 unspecified atom stereocenters. The number of carbonyl (C=O) groups excluding carboxylic acids is 1. The summed E-state index contributed by atoms with van der Waals surface area (Å²) in [7, 11) is 0. The maximum Gasteiger partial charge on any atom is 0.221 e. The predicted octanol–water partition coefficient (Wildman–Crippen LogP) is 4.62. The fourth-order valence-electron chi connectivity index (χ4n) is 2.15. The minimum absolute atomic E-state index is 0.138. The van der Waals surface area contributed by atoms with Crippen LogP contribution in [0.4, 0.5) is 0 Å². The van der Waals surface area contributed by atoms with Crippen LogP contribution in [0, 0.1) is 11.8 Å². The van der Waals surface area contributed by atoms with Crippen molar-refractivity contribution in [3.63, 3.8) is 0 Å². The quantitative estimate of drug-likeness (QED) is 0.744. The summed E-state index contributed by atoms with van der Waals surface area (Å²) >= 11 is 7.52. The summed E-state index contributed by atoms with van der Waals surface area (Å²) in [6.45, 7) is 8.58. The lowest BCUT2D eigenvalue weighted by molar-refractivity contribution is -0.122. The zero-order valence-electron chi connectivity index (χ0n) is 12.7. The fraction of sp³-hybridized carbons (Fsp3) is 0.562. The molecule has 1 aromatic carbocycles. The summed E-state index contributed by atoms with van der Waals surface area (Å²) in [6, 6.07) is 7.96. The van der Waals surface area contributed by atoms with Gasteiger partial charge in [0.25, 0.3) is 0 Å². The molecule has 0 aromatic heterocycles. The van der Waals surface area contributed by atoms with Gasteiger partial charge in [0.2, 0.25) is 5.91 Å². The monoisotopic (exact) mass is 313 g/mol. The molecule has 0 atom stereocenters.